The van der Waals surface area contributed by atoms with Gasteiger partial charge >= 0.3 is 0 Å². The van der Waals surface area contributed by atoms with Gasteiger partial charge in [0.2, 0.25) is 6.79 Å². The Morgan fingerprint density at radius 3 is 2.75 bits per heavy atom. The van der Waals surface area contributed by atoms with Gasteiger partial charge in [0.1, 0.15) is 0 Å². The average Bonchev–Trinajstić information content (AvgIpc) is 2.50. The zero-order valence-corrected chi connectivity index (χ0v) is 6.54. The summed E-state index contributed by atoms with van der Waals surface area (Å²) in [4.78, 5) is 0. The number of ether oxygens (including phenoxy) is 2. The van der Waals surface area contributed by atoms with Crippen LogP contribution >= 0.6 is 0 Å². The van der Waals surface area contributed by atoms with Gasteiger partial charge in [0.05, 0.1) is 0 Å². The van der Waals surface area contributed by atoms with Crippen LogP contribution in [0.3, 0.4) is 0 Å². The Balaban J connectivity index is 0.000000720. The Labute approximate surface area is 70.2 Å². The van der Waals surface area contributed by atoms with Crippen molar-refractivity contribution in [3.63, 3.8) is 0 Å². The Kier molecular flexibility index (Phi) is 2.52. The molecule has 1 aromatic carbocycles. The highest BCUT2D eigenvalue weighted by molar-refractivity contribution is 5.44. The topological polar surface area (TPSA) is 76.0 Å². The van der Waals surface area contributed by atoms with Gasteiger partial charge in [-0.1, -0.05) is 6.07 Å². The molecule has 0 spiro atoms. The zero-order valence-electron chi connectivity index (χ0n) is 6.54. The normalized spacial score (nSPS) is 12.4. The zero-order chi connectivity index (χ0) is 7.68. The molecule has 0 radical (unpaired) electrons. The van der Waals surface area contributed by atoms with Crippen molar-refractivity contribution in [2.24, 2.45) is 5.73 Å². The predicted molar refractivity (Wildman–Crippen MR) is 44.1 cm³/mol. The van der Waals surface area contributed by atoms with Crippen molar-refractivity contribution in [1.29, 1.82) is 0 Å². The second kappa shape index (κ2) is 3.42. The number of nitrogens with two attached hydrogens (primary N) is 1. The minimum absolute atomic E-state index is 0. The smallest absolute Gasteiger partial charge is 0.231 e. The van der Waals surface area contributed by atoms with Crippen LogP contribution in [0.2, 0.25) is 0 Å². The third kappa shape index (κ3) is 1.34. The van der Waals surface area contributed by atoms with E-state index in [9.17, 15) is 0 Å². The van der Waals surface area contributed by atoms with E-state index in [2.05, 4.69) is 0 Å². The van der Waals surface area contributed by atoms with Crippen LogP contribution in [-0.4, -0.2) is 12.3 Å². The lowest BCUT2D eigenvalue weighted by Gasteiger charge is -1.97. The summed E-state index contributed by atoms with van der Waals surface area (Å²) in [5, 5.41) is 0. The molecule has 0 saturated heterocycles. The molecule has 66 valence electrons. The minimum atomic E-state index is 0. The molecule has 1 heterocycles. The van der Waals surface area contributed by atoms with Crippen molar-refractivity contribution >= 4 is 0 Å². The largest absolute Gasteiger partial charge is 0.454 e. The van der Waals surface area contributed by atoms with E-state index >= 15 is 0 Å². The molecule has 0 atom stereocenters. The lowest BCUT2D eigenvalue weighted by Crippen LogP contribution is -1.95. The minimum Gasteiger partial charge on any atom is -0.454 e. The SMILES string of the molecule is NCc1ccc2c(c1)OCO2.O. The summed E-state index contributed by atoms with van der Waals surface area (Å²) in [5.74, 6) is 1.61. The van der Waals surface area contributed by atoms with Gasteiger partial charge in [-0.05, 0) is 17.7 Å². The number of rotatable bonds is 1. The first-order chi connectivity index (χ1) is 5.40. The predicted octanol–water partition coefficient (Wildman–Crippen LogP) is 0.0493. The van der Waals surface area contributed by atoms with Crippen LogP contribution < -0.4 is 15.2 Å². The molecule has 0 bridgehead atoms. The lowest BCUT2D eigenvalue weighted by molar-refractivity contribution is 0.174. The van der Waals surface area contributed by atoms with Crippen molar-refractivity contribution in [1.82, 2.24) is 0 Å². The van der Waals surface area contributed by atoms with Gasteiger partial charge in [0.25, 0.3) is 0 Å². The van der Waals surface area contributed by atoms with Crippen LogP contribution in [0.1, 0.15) is 5.56 Å². The van der Waals surface area contributed by atoms with Crippen LogP contribution in [0.25, 0.3) is 0 Å². The molecule has 4 N–H and O–H groups in total. The highest BCUT2D eigenvalue weighted by Crippen LogP contribution is 2.32. The van der Waals surface area contributed by atoms with Gasteiger partial charge in [0, 0.05) is 6.54 Å². The standard InChI is InChI=1S/C8H9NO2.H2O/c9-4-6-1-2-7-8(3-6)11-5-10-7;/h1-3H,4-5,9H2;1H2. The highest BCUT2D eigenvalue weighted by atomic mass is 16.7. The van der Waals surface area contributed by atoms with E-state index in [1.807, 2.05) is 18.2 Å². The monoisotopic (exact) mass is 169 g/mol. The van der Waals surface area contributed by atoms with Gasteiger partial charge < -0.3 is 20.7 Å². The van der Waals surface area contributed by atoms with Crippen molar-refractivity contribution in [2.45, 2.75) is 6.54 Å². The van der Waals surface area contributed by atoms with Crippen molar-refractivity contribution < 1.29 is 14.9 Å². The molecule has 2 rings (SSSR count). The Morgan fingerprint density at radius 2 is 2.00 bits per heavy atom. The molecule has 12 heavy (non-hydrogen) atoms. The van der Waals surface area contributed by atoms with E-state index < -0.39 is 0 Å². The third-order valence-electron chi connectivity index (χ3n) is 1.67. The van der Waals surface area contributed by atoms with Gasteiger partial charge in [-0.3, -0.25) is 0 Å². The molecule has 0 saturated carbocycles. The lowest BCUT2D eigenvalue weighted by atomic mass is 10.2. The fourth-order valence-corrected chi connectivity index (χ4v) is 1.07. The molecule has 4 heteroatoms. The first-order valence-electron chi connectivity index (χ1n) is 3.49. The van der Waals surface area contributed by atoms with Crippen molar-refractivity contribution in [3.05, 3.63) is 23.8 Å². The molecule has 1 aliphatic heterocycles. The van der Waals surface area contributed by atoms with Crippen LogP contribution in [0.4, 0.5) is 0 Å². The van der Waals surface area contributed by atoms with E-state index in [4.69, 9.17) is 15.2 Å². The first-order valence-corrected chi connectivity index (χ1v) is 3.49. The molecule has 0 amide bonds. The molecule has 4 nitrogen and oxygen atoms in total. The van der Waals surface area contributed by atoms with Crippen LogP contribution in [-0.2, 0) is 6.54 Å². The Bertz CT molecular complexity index is 275. The summed E-state index contributed by atoms with van der Waals surface area (Å²) < 4.78 is 10.3. The molecular formula is C8H11NO3. The molecular weight excluding hydrogens is 158 g/mol. The van der Waals surface area contributed by atoms with E-state index in [1.165, 1.54) is 0 Å². The fraction of sp³-hybridized carbons (Fsp3) is 0.250. The Hall–Kier alpha value is -1.26. The summed E-state index contributed by atoms with van der Waals surface area (Å²) in [6.45, 7) is 0.861. The third-order valence-corrected chi connectivity index (χ3v) is 1.67. The molecule has 0 unspecified atom stereocenters. The van der Waals surface area contributed by atoms with Gasteiger partial charge in [-0.2, -0.15) is 0 Å². The molecule has 1 aromatic rings. The molecule has 0 aliphatic carbocycles. The summed E-state index contributed by atoms with van der Waals surface area (Å²) in [6.07, 6.45) is 0. The summed E-state index contributed by atoms with van der Waals surface area (Å²) in [7, 11) is 0. The quantitative estimate of drug-likeness (QED) is 0.645. The van der Waals surface area contributed by atoms with E-state index in [0.717, 1.165) is 17.1 Å². The number of hydrogen-bond donors (Lipinski definition) is 1. The molecule has 0 aromatic heterocycles. The summed E-state index contributed by atoms with van der Waals surface area (Å²) in [5.41, 5.74) is 6.51. The second-order valence-corrected chi connectivity index (χ2v) is 2.39. The van der Waals surface area contributed by atoms with E-state index in [0.29, 0.717) is 13.3 Å². The maximum absolute atomic E-state index is 5.45. The first kappa shape index (κ1) is 8.83. The van der Waals surface area contributed by atoms with Crippen molar-refractivity contribution in [2.75, 3.05) is 6.79 Å². The second-order valence-electron chi connectivity index (χ2n) is 2.39. The van der Waals surface area contributed by atoms with Crippen LogP contribution in [0, 0.1) is 0 Å². The maximum Gasteiger partial charge on any atom is 0.231 e. The molecule has 1 aliphatic rings. The van der Waals surface area contributed by atoms with Crippen LogP contribution in [0.15, 0.2) is 18.2 Å². The number of fused-ring (bicyclic) bond motifs is 1. The summed E-state index contributed by atoms with van der Waals surface area (Å²) in [6, 6.07) is 5.72. The average molecular weight is 169 g/mol. The maximum atomic E-state index is 5.45. The van der Waals surface area contributed by atoms with Crippen LogP contribution in [0.5, 0.6) is 11.5 Å². The number of benzene rings is 1. The molecule has 0 fully saturated rings. The Morgan fingerprint density at radius 1 is 1.25 bits per heavy atom. The fourth-order valence-electron chi connectivity index (χ4n) is 1.07. The number of hydrogen-bond acceptors (Lipinski definition) is 3. The highest BCUT2D eigenvalue weighted by Gasteiger charge is 2.11. The van der Waals surface area contributed by atoms with Gasteiger partial charge in [-0.15, -0.1) is 0 Å². The van der Waals surface area contributed by atoms with Gasteiger partial charge in [0.15, 0.2) is 11.5 Å². The van der Waals surface area contributed by atoms with E-state index in [1.54, 1.807) is 0 Å². The van der Waals surface area contributed by atoms with Crippen molar-refractivity contribution in [3.8, 4) is 11.5 Å². The van der Waals surface area contributed by atoms with Gasteiger partial charge in [-0.25, -0.2) is 0 Å². The summed E-state index contributed by atoms with van der Waals surface area (Å²) >= 11 is 0. The van der Waals surface area contributed by atoms with E-state index in [-0.39, 0.29) is 5.48 Å².